The van der Waals surface area contributed by atoms with Gasteiger partial charge in [0, 0.05) is 21.5 Å². The topological polar surface area (TPSA) is 49.9 Å². The molecule has 0 saturated carbocycles. The molecule has 2 aromatic heterocycles. The molecule has 11 aromatic rings. The summed E-state index contributed by atoms with van der Waals surface area (Å²) in [7, 11) is 0. The van der Waals surface area contributed by atoms with E-state index in [2.05, 4.69) is 232 Å². The van der Waals surface area contributed by atoms with E-state index in [0.717, 1.165) is 134 Å². The molecule has 4 aliphatic rings. The van der Waals surface area contributed by atoms with Crippen molar-refractivity contribution in [2.75, 3.05) is 0 Å². The van der Waals surface area contributed by atoms with E-state index in [0.29, 0.717) is 0 Å². The van der Waals surface area contributed by atoms with E-state index < -0.39 is 5.97 Å². The van der Waals surface area contributed by atoms with Crippen LogP contribution in [0.5, 0.6) is 0 Å². The van der Waals surface area contributed by atoms with Crippen molar-refractivity contribution in [3.05, 3.63) is 240 Å². The van der Waals surface area contributed by atoms with Crippen LogP contribution in [0.25, 0.3) is 88.3 Å². The summed E-state index contributed by atoms with van der Waals surface area (Å²) in [6.45, 7) is 0. The van der Waals surface area contributed by atoms with Gasteiger partial charge in [-0.05, 0) is 103 Å². The second-order valence-corrected chi connectivity index (χ2v) is 18.6. The van der Waals surface area contributed by atoms with Crippen molar-refractivity contribution >= 4 is 62.3 Å². The first-order valence-electron chi connectivity index (χ1n) is 23.1. The van der Waals surface area contributed by atoms with Crippen LogP contribution < -0.4 is 11.0 Å². The number of hydrogen-bond acceptors (Lipinski definition) is 3. The Morgan fingerprint density at radius 1 is 0.324 bits per heavy atom. The molecular weight excluding hydrogens is 851 g/mol. The highest BCUT2D eigenvalue weighted by atomic mass is 35.5. The molecule has 1 unspecified atom stereocenters. The molecule has 0 saturated heterocycles. The highest BCUT2D eigenvalue weighted by Crippen LogP contribution is 2.51. The fraction of sp³-hybridized carbons (Fsp3) is 0. The number of nitrogens with zero attached hydrogens (tertiary/aromatic N) is 6. The van der Waals surface area contributed by atoms with Crippen LogP contribution in [0.4, 0.5) is 11.6 Å². The summed E-state index contributed by atoms with van der Waals surface area (Å²) in [5.41, 5.74) is 17.0. The first-order valence-corrected chi connectivity index (χ1v) is 23.5. The second kappa shape index (κ2) is 13.9. The molecule has 6 heterocycles. The molecule has 0 radical (unpaired) electrons. The number of aliphatic imine (C=N–C) groups is 1. The molecule has 0 aliphatic carbocycles. The van der Waals surface area contributed by atoms with Gasteiger partial charge in [-0.1, -0.05) is 192 Å². The molecule has 316 valence electrons. The lowest BCUT2D eigenvalue weighted by Crippen LogP contribution is -2.68. The molecule has 8 heteroatoms. The minimum Gasteiger partial charge on any atom is -0.405 e. The van der Waals surface area contributed by atoms with E-state index in [4.69, 9.17) is 26.4 Å². The van der Waals surface area contributed by atoms with E-state index in [1.165, 1.54) is 0 Å². The molecule has 1 atom stereocenters. The van der Waals surface area contributed by atoms with Crippen LogP contribution >= 0.6 is 11.5 Å². The Balaban J connectivity index is 1.12. The van der Waals surface area contributed by atoms with Crippen molar-refractivity contribution < 1.29 is 4.49 Å². The van der Waals surface area contributed by atoms with Gasteiger partial charge in [-0.2, -0.15) is 0 Å². The summed E-state index contributed by atoms with van der Waals surface area (Å²) in [4.78, 5) is 17.2. The highest BCUT2D eigenvalue weighted by Gasteiger charge is 2.55. The second-order valence-electron chi connectivity index (χ2n) is 18.1. The Morgan fingerprint density at radius 3 is 1.04 bits per heavy atom. The summed E-state index contributed by atoms with van der Waals surface area (Å²) in [5.74, 6) is 0.699. The number of benzene rings is 9. The van der Waals surface area contributed by atoms with Gasteiger partial charge in [0.25, 0.3) is 0 Å². The van der Waals surface area contributed by atoms with Gasteiger partial charge in [0.15, 0.2) is 11.3 Å². The zero-order valence-electron chi connectivity index (χ0n) is 36.4. The molecule has 68 heavy (non-hydrogen) atoms. The lowest BCUT2D eigenvalue weighted by Gasteiger charge is -2.43. The Hall–Kier alpha value is -8.65. The van der Waals surface area contributed by atoms with Crippen LogP contribution in [0.2, 0.25) is 0 Å². The van der Waals surface area contributed by atoms with Crippen molar-refractivity contribution in [2.45, 2.75) is 0 Å². The third-order valence-corrected chi connectivity index (χ3v) is 15.0. The summed E-state index contributed by atoms with van der Waals surface area (Å²) in [6, 6.07) is 77.8. The van der Waals surface area contributed by atoms with Crippen LogP contribution in [0.3, 0.4) is 0 Å². The molecule has 0 N–H and O–H groups in total. The first-order chi connectivity index (χ1) is 33.6. The summed E-state index contributed by atoms with van der Waals surface area (Å²) < 4.78 is 6.67. The van der Waals surface area contributed by atoms with Crippen molar-refractivity contribution in [1.29, 1.82) is 0 Å². The summed E-state index contributed by atoms with van der Waals surface area (Å²) >= 11 is 8.78. The van der Waals surface area contributed by atoms with Gasteiger partial charge >= 0.3 is 5.97 Å². The maximum Gasteiger partial charge on any atom is 0.460 e. The molecule has 6 nitrogen and oxygen atoms in total. The monoisotopic (exact) mass is 886 g/mol. The van der Waals surface area contributed by atoms with Gasteiger partial charge in [-0.3, -0.25) is 11.5 Å². The van der Waals surface area contributed by atoms with Crippen LogP contribution in [0.15, 0.2) is 233 Å². The number of amidine groups is 2. The fourth-order valence-electron chi connectivity index (χ4n) is 11.4. The maximum absolute atomic E-state index is 8.78. The predicted molar refractivity (Wildman–Crippen MR) is 278 cm³/mol. The van der Waals surface area contributed by atoms with Gasteiger partial charge in [0.1, 0.15) is 11.3 Å². The molecule has 0 amide bonds. The van der Waals surface area contributed by atoms with Gasteiger partial charge < -0.3 is 13.4 Å². The normalized spacial score (nSPS) is 15.8. The summed E-state index contributed by atoms with van der Waals surface area (Å²) in [5, 5.41) is 3.97. The minimum atomic E-state index is -2.43. The fourth-order valence-corrected chi connectivity index (χ4v) is 11.9. The number of halogens is 1. The average Bonchev–Trinajstić information content (AvgIpc) is 4.03. The quantitative estimate of drug-likeness (QED) is 0.149. The maximum atomic E-state index is 8.78. The van der Waals surface area contributed by atoms with Crippen LogP contribution in [-0.4, -0.2) is 31.1 Å². The Labute approximate surface area is 396 Å². The Kier molecular flexibility index (Phi) is 7.70. The lowest BCUT2D eigenvalue weighted by molar-refractivity contribution is -0.263. The largest absolute Gasteiger partial charge is 0.460 e. The van der Waals surface area contributed by atoms with Crippen LogP contribution in [0, 0.1) is 0 Å². The molecule has 0 fully saturated rings. The molecule has 0 bridgehead atoms. The summed E-state index contributed by atoms with van der Waals surface area (Å²) in [6.07, 6.45) is 0. The smallest absolute Gasteiger partial charge is 0.405 e. The zero-order valence-corrected chi connectivity index (χ0v) is 37.2. The first kappa shape index (κ1) is 37.6. The molecule has 0 spiro atoms. The molecule has 4 aliphatic heterocycles. The number of aromatic nitrogens is 2. The van der Waals surface area contributed by atoms with Gasteiger partial charge in [0.2, 0.25) is 11.7 Å². The van der Waals surface area contributed by atoms with Crippen molar-refractivity contribution in [3.63, 3.8) is 0 Å². The molecule has 15 rings (SSSR count). The SMILES string of the molecule is Cl[B-]12n3c4c5cc(-c6ccccc6)c(-c6ccccc6)cc5c3N=c3c5cc(-c6ccccc6)c(-c6ccccc6)cc5c(n31)=NC1=[N+]2C(=N4)c2cc(-c3ccccc3)c(-c3ccccc3)cc21. The van der Waals surface area contributed by atoms with E-state index in [9.17, 15) is 0 Å². The number of fused-ring (bicyclic) bond motifs is 9. The lowest BCUT2D eigenvalue weighted by atomic mass is 9.85. The molecular formula is C60H36BClN6. The number of hydrogen-bond donors (Lipinski definition) is 0. The van der Waals surface area contributed by atoms with E-state index in [1.54, 1.807) is 0 Å². The van der Waals surface area contributed by atoms with E-state index in [1.807, 2.05) is 0 Å². The third kappa shape index (κ3) is 5.08. The van der Waals surface area contributed by atoms with Crippen LogP contribution in [-0.2, 0) is 0 Å². The minimum absolute atomic E-state index is 0.781. The van der Waals surface area contributed by atoms with E-state index >= 15 is 0 Å². The van der Waals surface area contributed by atoms with E-state index in [-0.39, 0.29) is 0 Å². The number of rotatable bonds is 6. The van der Waals surface area contributed by atoms with Gasteiger partial charge in [-0.25, -0.2) is 4.99 Å². The third-order valence-electron chi connectivity index (χ3n) is 14.4. The van der Waals surface area contributed by atoms with Crippen molar-refractivity contribution in [3.8, 4) is 66.8 Å². The molecule has 9 aromatic carbocycles. The Morgan fingerprint density at radius 2 is 0.647 bits per heavy atom. The highest BCUT2D eigenvalue weighted by molar-refractivity contribution is 7.15. The van der Waals surface area contributed by atoms with Gasteiger partial charge in [0.05, 0.1) is 11.1 Å². The van der Waals surface area contributed by atoms with Crippen molar-refractivity contribution in [2.24, 2.45) is 15.0 Å². The predicted octanol–water partition coefficient (Wildman–Crippen LogP) is 13.4. The Bertz CT molecular complexity index is 4170. The zero-order chi connectivity index (χ0) is 44.7. The van der Waals surface area contributed by atoms with Gasteiger partial charge in [-0.15, -0.1) is 0 Å². The standard InChI is InChI=1S/C60H36BClN6/c62-61-66-55-49-31-43(37-19-7-1-8-20-37)44(38-21-9-2-10-22-38)32-50(49)56(66)64-58-53-35-47(41-27-15-5-16-28-41)48(42-29-17-6-18-30-42)36-54(53)60(68(58)61)65-59-52-34-46(40-25-13-4-14-26-40)45(39-23-11-3-12-24-39)33-51(52)57(63-55)67(59)61/h1-36H. The van der Waals surface area contributed by atoms with Crippen LogP contribution in [0.1, 0.15) is 11.1 Å². The van der Waals surface area contributed by atoms with Crippen molar-refractivity contribution in [1.82, 2.24) is 8.96 Å². The average molecular weight is 887 g/mol.